The highest BCUT2D eigenvalue weighted by Crippen LogP contribution is 2.47. The van der Waals surface area contributed by atoms with E-state index in [1.54, 1.807) is 6.07 Å². The van der Waals surface area contributed by atoms with Gasteiger partial charge in [0.1, 0.15) is 13.2 Å². The minimum Gasteiger partial charge on any atom is -0.486 e. The third kappa shape index (κ3) is 2.84. The van der Waals surface area contributed by atoms with E-state index in [-0.39, 0.29) is 11.9 Å². The Labute approximate surface area is 141 Å². The van der Waals surface area contributed by atoms with Crippen molar-refractivity contribution >= 4 is 5.91 Å². The van der Waals surface area contributed by atoms with Gasteiger partial charge in [-0.3, -0.25) is 4.79 Å². The molecule has 1 saturated carbocycles. The summed E-state index contributed by atoms with van der Waals surface area (Å²) in [5, 5.41) is 3.22. The quantitative estimate of drug-likeness (QED) is 0.935. The summed E-state index contributed by atoms with van der Waals surface area (Å²) < 4.78 is 11.3. The standard InChI is InChI=1S/C20H21NO3/c1-13-12-16(13)18(14-6-3-2-4-7-14)21-20(22)15-8-5-9-17-19(15)24-11-10-23-17/h2-9,13,16,18H,10-12H2,1H3,(H,21,22). The van der Waals surface area contributed by atoms with Gasteiger partial charge in [0.2, 0.25) is 0 Å². The van der Waals surface area contributed by atoms with Gasteiger partial charge in [0.05, 0.1) is 11.6 Å². The molecule has 2 aromatic rings. The summed E-state index contributed by atoms with van der Waals surface area (Å²) in [6.07, 6.45) is 1.15. The molecule has 0 radical (unpaired) electrons. The first-order valence-electron chi connectivity index (χ1n) is 8.48. The number of fused-ring (bicyclic) bond motifs is 1. The van der Waals surface area contributed by atoms with Gasteiger partial charge in [0.15, 0.2) is 11.5 Å². The van der Waals surface area contributed by atoms with E-state index in [4.69, 9.17) is 9.47 Å². The van der Waals surface area contributed by atoms with Crippen molar-refractivity contribution in [3.63, 3.8) is 0 Å². The summed E-state index contributed by atoms with van der Waals surface area (Å²) in [5.74, 6) is 2.22. The minimum atomic E-state index is -0.106. The molecule has 2 aliphatic rings. The number of carbonyl (C=O) groups is 1. The van der Waals surface area contributed by atoms with Gasteiger partial charge in [0, 0.05) is 0 Å². The van der Waals surface area contributed by atoms with Gasteiger partial charge in [-0.1, -0.05) is 43.3 Å². The summed E-state index contributed by atoms with van der Waals surface area (Å²) >= 11 is 0. The number of hydrogen-bond donors (Lipinski definition) is 1. The van der Waals surface area contributed by atoms with Crippen LogP contribution >= 0.6 is 0 Å². The highest BCUT2D eigenvalue weighted by Gasteiger charge is 2.41. The first kappa shape index (κ1) is 15.1. The zero-order chi connectivity index (χ0) is 16.5. The summed E-state index contributed by atoms with van der Waals surface area (Å²) in [4.78, 5) is 12.9. The maximum Gasteiger partial charge on any atom is 0.255 e. The predicted octanol–water partition coefficient (Wildman–Crippen LogP) is 3.58. The van der Waals surface area contributed by atoms with Gasteiger partial charge in [-0.25, -0.2) is 0 Å². The Bertz CT molecular complexity index is 744. The lowest BCUT2D eigenvalue weighted by molar-refractivity contribution is 0.0919. The fraction of sp³-hybridized carbons (Fsp3) is 0.350. The number of hydrogen-bond acceptors (Lipinski definition) is 3. The van der Waals surface area contributed by atoms with Gasteiger partial charge in [-0.15, -0.1) is 0 Å². The summed E-state index contributed by atoms with van der Waals surface area (Å²) in [7, 11) is 0. The number of ether oxygens (including phenoxy) is 2. The van der Waals surface area contributed by atoms with Crippen LogP contribution in [0.2, 0.25) is 0 Å². The second kappa shape index (κ2) is 6.19. The zero-order valence-electron chi connectivity index (χ0n) is 13.7. The van der Waals surface area contributed by atoms with Gasteiger partial charge >= 0.3 is 0 Å². The molecule has 4 rings (SSSR count). The second-order valence-electron chi connectivity index (χ2n) is 6.57. The summed E-state index contributed by atoms with van der Waals surface area (Å²) in [6, 6.07) is 15.7. The number of rotatable bonds is 4. The minimum absolute atomic E-state index is 0.0362. The maximum atomic E-state index is 12.9. The Kier molecular flexibility index (Phi) is 3.89. The molecule has 124 valence electrons. The number of para-hydroxylation sites is 1. The molecule has 1 amide bonds. The molecule has 1 aliphatic carbocycles. The second-order valence-corrected chi connectivity index (χ2v) is 6.57. The summed E-state index contributed by atoms with van der Waals surface area (Å²) in [5.41, 5.74) is 1.70. The van der Waals surface area contributed by atoms with E-state index in [1.807, 2.05) is 30.3 Å². The zero-order valence-corrected chi connectivity index (χ0v) is 13.7. The average molecular weight is 323 g/mol. The normalized spacial score (nSPS) is 22.5. The van der Waals surface area contributed by atoms with Crippen molar-refractivity contribution < 1.29 is 14.3 Å². The topological polar surface area (TPSA) is 47.6 Å². The molecule has 2 aromatic carbocycles. The van der Waals surface area contributed by atoms with E-state index in [2.05, 4.69) is 24.4 Å². The van der Waals surface area contributed by atoms with E-state index >= 15 is 0 Å². The van der Waals surface area contributed by atoms with Crippen LogP contribution in [-0.4, -0.2) is 19.1 Å². The lowest BCUT2D eigenvalue weighted by atomic mass is 10.0. The Morgan fingerprint density at radius 3 is 2.58 bits per heavy atom. The average Bonchev–Trinajstić information content (AvgIpc) is 3.36. The van der Waals surface area contributed by atoms with E-state index in [0.29, 0.717) is 42.1 Å². The highest BCUT2D eigenvalue weighted by atomic mass is 16.6. The smallest absolute Gasteiger partial charge is 0.255 e. The van der Waals surface area contributed by atoms with Crippen molar-refractivity contribution in [1.29, 1.82) is 0 Å². The lowest BCUT2D eigenvalue weighted by Gasteiger charge is -2.23. The summed E-state index contributed by atoms with van der Waals surface area (Å²) in [6.45, 7) is 3.22. The predicted molar refractivity (Wildman–Crippen MR) is 91.4 cm³/mol. The van der Waals surface area contributed by atoms with Crippen molar-refractivity contribution in [2.75, 3.05) is 13.2 Å². The first-order chi connectivity index (χ1) is 11.7. The number of benzene rings is 2. The number of amides is 1. The van der Waals surface area contributed by atoms with Gasteiger partial charge < -0.3 is 14.8 Å². The Morgan fingerprint density at radius 1 is 1.08 bits per heavy atom. The van der Waals surface area contributed by atoms with Crippen LogP contribution in [0, 0.1) is 11.8 Å². The van der Waals surface area contributed by atoms with Crippen LogP contribution < -0.4 is 14.8 Å². The van der Waals surface area contributed by atoms with Gasteiger partial charge in [0.25, 0.3) is 5.91 Å². The van der Waals surface area contributed by atoms with E-state index in [9.17, 15) is 4.79 Å². The van der Waals surface area contributed by atoms with Crippen molar-refractivity contribution in [3.05, 3.63) is 59.7 Å². The third-order valence-electron chi connectivity index (χ3n) is 4.86. The molecule has 4 nitrogen and oxygen atoms in total. The van der Waals surface area contributed by atoms with Crippen molar-refractivity contribution in [2.24, 2.45) is 11.8 Å². The fourth-order valence-electron chi connectivity index (χ4n) is 3.38. The Morgan fingerprint density at radius 2 is 1.83 bits per heavy atom. The molecule has 1 heterocycles. The molecular weight excluding hydrogens is 302 g/mol. The highest BCUT2D eigenvalue weighted by molar-refractivity contribution is 5.98. The third-order valence-corrected chi connectivity index (χ3v) is 4.86. The number of carbonyl (C=O) groups excluding carboxylic acids is 1. The monoisotopic (exact) mass is 323 g/mol. The molecule has 4 heteroatoms. The van der Waals surface area contributed by atoms with Crippen molar-refractivity contribution in [1.82, 2.24) is 5.32 Å². The molecule has 0 saturated heterocycles. The lowest BCUT2D eigenvalue weighted by Crippen LogP contribution is -2.31. The number of nitrogens with one attached hydrogen (secondary N) is 1. The van der Waals surface area contributed by atoms with Gasteiger partial charge in [-0.2, -0.15) is 0 Å². The van der Waals surface area contributed by atoms with Crippen LogP contribution in [0.15, 0.2) is 48.5 Å². The molecule has 1 N–H and O–H groups in total. The molecule has 0 bridgehead atoms. The Hall–Kier alpha value is -2.49. The van der Waals surface area contributed by atoms with Crippen molar-refractivity contribution in [3.8, 4) is 11.5 Å². The van der Waals surface area contributed by atoms with Crippen LogP contribution in [0.4, 0.5) is 0 Å². The molecule has 0 spiro atoms. The fourth-order valence-corrected chi connectivity index (χ4v) is 3.38. The first-order valence-corrected chi connectivity index (χ1v) is 8.48. The largest absolute Gasteiger partial charge is 0.486 e. The van der Waals surface area contributed by atoms with Crippen molar-refractivity contribution in [2.45, 2.75) is 19.4 Å². The van der Waals surface area contributed by atoms with E-state index in [1.165, 1.54) is 0 Å². The van der Waals surface area contributed by atoms with Crippen LogP contribution in [-0.2, 0) is 0 Å². The molecule has 3 unspecified atom stereocenters. The maximum absolute atomic E-state index is 12.9. The van der Waals surface area contributed by atoms with Crippen LogP contribution in [0.3, 0.4) is 0 Å². The Balaban J connectivity index is 1.60. The van der Waals surface area contributed by atoms with Crippen LogP contribution in [0.1, 0.15) is 35.3 Å². The molecule has 3 atom stereocenters. The molecular formula is C20H21NO3. The molecule has 1 fully saturated rings. The molecule has 24 heavy (non-hydrogen) atoms. The van der Waals surface area contributed by atoms with E-state index in [0.717, 1.165) is 12.0 Å². The van der Waals surface area contributed by atoms with E-state index < -0.39 is 0 Å². The van der Waals surface area contributed by atoms with Gasteiger partial charge in [-0.05, 0) is 36.0 Å². The van der Waals surface area contributed by atoms with Crippen LogP contribution in [0.25, 0.3) is 0 Å². The molecule has 0 aromatic heterocycles. The van der Waals surface area contributed by atoms with Crippen LogP contribution in [0.5, 0.6) is 11.5 Å². The SMILES string of the molecule is CC1CC1C(NC(=O)c1cccc2c1OCCO2)c1ccccc1. The molecule has 1 aliphatic heterocycles.